The molecule has 0 saturated heterocycles. The fourth-order valence-electron chi connectivity index (χ4n) is 2.65. The SMILES string of the molecule is CCCc1ccc(NS(=O)(=O)c2cc(/C=C/C(=O)O)cc(OC)c2OC)cc1. The maximum Gasteiger partial charge on any atom is 0.328 e. The van der Waals surface area contributed by atoms with Crippen molar-refractivity contribution in [2.45, 2.75) is 24.7 Å². The second-order valence-electron chi connectivity index (χ2n) is 5.98. The number of benzene rings is 2. The number of carboxylic acids is 1. The van der Waals surface area contributed by atoms with Gasteiger partial charge in [0.25, 0.3) is 10.0 Å². The van der Waals surface area contributed by atoms with Crippen LogP contribution in [0.4, 0.5) is 5.69 Å². The first-order valence-corrected chi connectivity index (χ1v) is 10.1. The smallest absolute Gasteiger partial charge is 0.328 e. The van der Waals surface area contributed by atoms with Gasteiger partial charge in [0.1, 0.15) is 4.90 Å². The Balaban J connectivity index is 2.46. The maximum atomic E-state index is 13.0. The van der Waals surface area contributed by atoms with Crippen molar-refractivity contribution in [1.29, 1.82) is 0 Å². The van der Waals surface area contributed by atoms with Crippen LogP contribution < -0.4 is 14.2 Å². The van der Waals surface area contributed by atoms with Gasteiger partial charge in [-0.15, -0.1) is 0 Å². The highest BCUT2D eigenvalue weighted by Crippen LogP contribution is 2.36. The van der Waals surface area contributed by atoms with E-state index < -0.39 is 16.0 Å². The Morgan fingerprint density at radius 1 is 1.14 bits per heavy atom. The van der Waals surface area contributed by atoms with Crippen molar-refractivity contribution < 1.29 is 27.8 Å². The van der Waals surface area contributed by atoms with Crippen molar-refractivity contribution in [2.75, 3.05) is 18.9 Å². The molecule has 28 heavy (non-hydrogen) atoms. The number of carboxylic acid groups (broad SMARTS) is 1. The lowest BCUT2D eigenvalue weighted by Gasteiger charge is -2.15. The molecule has 0 unspecified atom stereocenters. The molecule has 2 aromatic carbocycles. The number of methoxy groups -OCH3 is 2. The van der Waals surface area contributed by atoms with E-state index in [4.69, 9.17) is 14.6 Å². The molecule has 0 aliphatic rings. The lowest BCUT2D eigenvalue weighted by molar-refractivity contribution is -0.131. The summed E-state index contributed by atoms with van der Waals surface area (Å²) >= 11 is 0. The predicted octanol–water partition coefficient (Wildman–Crippen LogP) is 3.55. The van der Waals surface area contributed by atoms with Gasteiger partial charge in [-0.05, 0) is 47.9 Å². The Morgan fingerprint density at radius 3 is 2.36 bits per heavy atom. The van der Waals surface area contributed by atoms with Gasteiger partial charge < -0.3 is 14.6 Å². The van der Waals surface area contributed by atoms with Crippen molar-refractivity contribution >= 4 is 27.8 Å². The van der Waals surface area contributed by atoms with Crippen molar-refractivity contribution in [3.8, 4) is 11.5 Å². The number of ether oxygens (including phenoxy) is 2. The number of anilines is 1. The molecule has 0 atom stereocenters. The molecule has 0 bridgehead atoms. The summed E-state index contributed by atoms with van der Waals surface area (Å²) in [7, 11) is -1.30. The summed E-state index contributed by atoms with van der Waals surface area (Å²) in [6, 6.07) is 9.95. The number of carbonyl (C=O) groups is 1. The molecule has 2 N–H and O–H groups in total. The number of hydrogen-bond acceptors (Lipinski definition) is 5. The molecule has 0 radical (unpaired) electrons. The highest BCUT2D eigenvalue weighted by Gasteiger charge is 2.24. The van der Waals surface area contributed by atoms with Crippen LogP contribution >= 0.6 is 0 Å². The van der Waals surface area contributed by atoms with Crippen LogP contribution in [0, 0.1) is 0 Å². The van der Waals surface area contributed by atoms with Gasteiger partial charge in [-0.3, -0.25) is 4.72 Å². The summed E-state index contributed by atoms with van der Waals surface area (Å²) in [5.74, 6) is -0.941. The second kappa shape index (κ2) is 9.27. The van der Waals surface area contributed by atoms with Gasteiger partial charge >= 0.3 is 5.97 Å². The Kier molecular flexibility index (Phi) is 7.06. The van der Waals surface area contributed by atoms with Crippen LogP contribution in [-0.4, -0.2) is 33.7 Å². The van der Waals surface area contributed by atoms with E-state index in [1.165, 1.54) is 32.4 Å². The minimum atomic E-state index is -4.01. The topological polar surface area (TPSA) is 102 Å². The Labute approximate surface area is 164 Å². The quantitative estimate of drug-likeness (QED) is 0.619. The van der Waals surface area contributed by atoms with Crippen LogP contribution in [-0.2, 0) is 21.2 Å². The lowest BCUT2D eigenvalue weighted by atomic mass is 10.1. The molecular weight excluding hydrogens is 382 g/mol. The number of rotatable bonds is 9. The average molecular weight is 405 g/mol. The van der Waals surface area contributed by atoms with E-state index >= 15 is 0 Å². The lowest BCUT2D eigenvalue weighted by Crippen LogP contribution is -2.15. The number of aryl methyl sites for hydroxylation is 1. The zero-order valence-corrected chi connectivity index (χ0v) is 16.7. The molecule has 0 amide bonds. The second-order valence-corrected chi connectivity index (χ2v) is 7.63. The highest BCUT2D eigenvalue weighted by atomic mass is 32.2. The molecule has 0 spiro atoms. The van der Waals surface area contributed by atoms with E-state index in [0.717, 1.165) is 24.5 Å². The Morgan fingerprint density at radius 2 is 1.82 bits per heavy atom. The van der Waals surface area contributed by atoms with E-state index in [0.29, 0.717) is 11.3 Å². The van der Waals surface area contributed by atoms with Gasteiger partial charge in [0, 0.05) is 11.8 Å². The molecule has 0 fully saturated rings. The zero-order valence-electron chi connectivity index (χ0n) is 15.9. The Hall–Kier alpha value is -3.00. The minimum Gasteiger partial charge on any atom is -0.493 e. The van der Waals surface area contributed by atoms with E-state index in [1.54, 1.807) is 12.1 Å². The summed E-state index contributed by atoms with van der Waals surface area (Å²) in [6.07, 6.45) is 4.11. The van der Waals surface area contributed by atoms with Gasteiger partial charge in [-0.25, -0.2) is 13.2 Å². The van der Waals surface area contributed by atoms with Crippen LogP contribution in [0.2, 0.25) is 0 Å². The van der Waals surface area contributed by atoms with Gasteiger partial charge in [0.05, 0.1) is 14.2 Å². The summed E-state index contributed by atoms with van der Waals surface area (Å²) in [4.78, 5) is 10.6. The number of aliphatic carboxylic acids is 1. The summed E-state index contributed by atoms with van der Waals surface area (Å²) in [5.41, 5.74) is 1.87. The molecule has 0 aliphatic carbocycles. The van der Waals surface area contributed by atoms with Crippen LogP contribution in [0.25, 0.3) is 6.08 Å². The van der Waals surface area contributed by atoms with E-state index in [9.17, 15) is 13.2 Å². The predicted molar refractivity (Wildman–Crippen MR) is 107 cm³/mol. The van der Waals surface area contributed by atoms with Crippen LogP contribution in [0.15, 0.2) is 47.4 Å². The van der Waals surface area contributed by atoms with Crippen molar-refractivity contribution in [3.05, 3.63) is 53.6 Å². The molecule has 0 heterocycles. The minimum absolute atomic E-state index is 0.0325. The molecule has 2 aromatic rings. The largest absolute Gasteiger partial charge is 0.493 e. The molecule has 7 nitrogen and oxygen atoms in total. The van der Waals surface area contributed by atoms with Crippen molar-refractivity contribution in [3.63, 3.8) is 0 Å². The summed E-state index contributed by atoms with van der Waals surface area (Å²) in [6.45, 7) is 2.07. The van der Waals surface area contributed by atoms with E-state index in [-0.39, 0.29) is 16.4 Å². The molecule has 0 aliphatic heterocycles. The highest BCUT2D eigenvalue weighted by molar-refractivity contribution is 7.92. The van der Waals surface area contributed by atoms with Gasteiger partial charge in [-0.2, -0.15) is 0 Å². The maximum absolute atomic E-state index is 13.0. The van der Waals surface area contributed by atoms with E-state index in [1.807, 2.05) is 12.1 Å². The standard InChI is InChI=1S/C20H23NO6S/c1-4-5-14-6-9-16(10-7-14)21-28(24,25)18-13-15(8-11-19(22)23)12-17(26-2)20(18)27-3/h6-13,21H,4-5H2,1-3H3,(H,22,23)/b11-8+. The number of hydrogen-bond donors (Lipinski definition) is 2. The molecule has 150 valence electrons. The first-order chi connectivity index (χ1) is 13.3. The number of nitrogens with one attached hydrogen (secondary N) is 1. The monoisotopic (exact) mass is 405 g/mol. The van der Waals surface area contributed by atoms with Crippen molar-refractivity contribution in [2.24, 2.45) is 0 Å². The first-order valence-electron chi connectivity index (χ1n) is 8.59. The fraction of sp³-hybridized carbons (Fsp3) is 0.250. The first kappa shape index (κ1) is 21.3. The molecule has 2 rings (SSSR count). The zero-order chi connectivity index (χ0) is 20.7. The molecule has 8 heteroatoms. The summed E-state index contributed by atoms with van der Waals surface area (Å²) < 4.78 is 38.9. The molecule has 0 aromatic heterocycles. The van der Waals surface area contributed by atoms with Gasteiger partial charge in [-0.1, -0.05) is 25.5 Å². The van der Waals surface area contributed by atoms with Crippen LogP contribution in [0.5, 0.6) is 11.5 Å². The van der Waals surface area contributed by atoms with E-state index in [2.05, 4.69) is 11.6 Å². The van der Waals surface area contributed by atoms with Crippen molar-refractivity contribution in [1.82, 2.24) is 0 Å². The third-order valence-corrected chi connectivity index (χ3v) is 5.31. The third kappa shape index (κ3) is 5.26. The third-order valence-electron chi connectivity index (χ3n) is 3.92. The number of sulfonamides is 1. The van der Waals surface area contributed by atoms with Gasteiger partial charge in [0.2, 0.25) is 0 Å². The molecular formula is C20H23NO6S. The Bertz CT molecular complexity index is 965. The van der Waals surface area contributed by atoms with Crippen LogP contribution in [0.3, 0.4) is 0 Å². The fourth-order valence-corrected chi connectivity index (χ4v) is 3.93. The van der Waals surface area contributed by atoms with Crippen LogP contribution in [0.1, 0.15) is 24.5 Å². The normalized spacial score (nSPS) is 11.4. The average Bonchev–Trinajstić information content (AvgIpc) is 2.67. The van der Waals surface area contributed by atoms with Gasteiger partial charge in [0.15, 0.2) is 11.5 Å². The molecule has 0 saturated carbocycles. The summed E-state index contributed by atoms with van der Waals surface area (Å²) in [5, 5.41) is 8.81.